The molecule has 0 bridgehead atoms. The molecular weight excluding hydrogens is 520 g/mol. The zero-order chi connectivity index (χ0) is 28.8. The lowest BCUT2D eigenvalue weighted by Crippen LogP contribution is -1.96. The number of hydrogen-bond acceptors (Lipinski definition) is 4. The summed E-state index contributed by atoms with van der Waals surface area (Å²) in [6.07, 6.45) is 0. The molecule has 0 amide bonds. The van der Waals surface area contributed by atoms with E-state index in [9.17, 15) is 0 Å². The first-order valence-corrected chi connectivity index (χ1v) is 14.3. The highest BCUT2D eigenvalue weighted by molar-refractivity contribution is 6.07. The Kier molecular flexibility index (Phi) is 6.47. The van der Waals surface area contributed by atoms with E-state index in [1.807, 2.05) is 24.3 Å². The third-order valence-electron chi connectivity index (χ3n) is 8.27. The number of benzene rings is 6. The van der Waals surface area contributed by atoms with Crippen molar-refractivity contribution in [3.8, 4) is 45.3 Å². The van der Waals surface area contributed by atoms with Crippen LogP contribution in [-0.4, -0.2) is 13.6 Å². The van der Waals surface area contributed by atoms with Crippen LogP contribution in [0.1, 0.15) is 22.3 Å². The molecule has 2 aliphatic rings. The van der Waals surface area contributed by atoms with E-state index in [-0.39, 0.29) is 13.6 Å². The molecule has 0 radical (unpaired) electrons. The summed E-state index contributed by atoms with van der Waals surface area (Å²) in [5, 5.41) is 5.27. The van der Waals surface area contributed by atoms with E-state index in [1.165, 1.54) is 43.8 Å². The Balaban J connectivity index is 0.000000138. The number of aryl methyl sites for hydroxylation is 4. The summed E-state index contributed by atoms with van der Waals surface area (Å²) in [6, 6.07) is 34.2. The van der Waals surface area contributed by atoms with Gasteiger partial charge in [0.15, 0.2) is 23.0 Å². The van der Waals surface area contributed by atoms with Gasteiger partial charge in [-0.25, -0.2) is 0 Å². The highest BCUT2D eigenvalue weighted by Crippen LogP contribution is 2.51. The molecule has 208 valence electrons. The average molecular weight is 553 g/mol. The van der Waals surface area contributed by atoms with Gasteiger partial charge in [-0.15, -0.1) is 0 Å². The van der Waals surface area contributed by atoms with Crippen molar-refractivity contribution in [3.63, 3.8) is 0 Å². The molecule has 4 heteroatoms. The van der Waals surface area contributed by atoms with Gasteiger partial charge >= 0.3 is 0 Å². The van der Waals surface area contributed by atoms with E-state index < -0.39 is 0 Å². The van der Waals surface area contributed by atoms with Crippen LogP contribution >= 0.6 is 0 Å². The first-order chi connectivity index (χ1) is 20.5. The Morgan fingerprint density at radius 3 is 1.21 bits per heavy atom. The van der Waals surface area contributed by atoms with Gasteiger partial charge < -0.3 is 18.9 Å². The maximum absolute atomic E-state index is 5.66. The minimum absolute atomic E-state index is 0.261. The quantitative estimate of drug-likeness (QED) is 0.214. The summed E-state index contributed by atoms with van der Waals surface area (Å²) in [6.45, 7) is 9.07. The third kappa shape index (κ3) is 4.31. The van der Waals surface area contributed by atoms with Gasteiger partial charge in [-0.3, -0.25) is 0 Å². The second-order valence-electron chi connectivity index (χ2n) is 10.9. The van der Waals surface area contributed by atoms with E-state index in [4.69, 9.17) is 18.9 Å². The van der Waals surface area contributed by atoms with Gasteiger partial charge in [0.2, 0.25) is 13.6 Å². The monoisotopic (exact) mass is 552 g/mol. The molecule has 42 heavy (non-hydrogen) atoms. The summed E-state index contributed by atoms with van der Waals surface area (Å²) in [4.78, 5) is 0. The molecule has 0 aliphatic carbocycles. The van der Waals surface area contributed by atoms with Crippen LogP contribution in [0.4, 0.5) is 0 Å². The zero-order valence-corrected chi connectivity index (χ0v) is 24.3. The lowest BCUT2D eigenvalue weighted by Gasteiger charge is -2.16. The van der Waals surface area contributed by atoms with Gasteiger partial charge in [0.05, 0.1) is 0 Å². The fraction of sp³-hybridized carbons (Fsp3) is 0.158. The van der Waals surface area contributed by atoms with Gasteiger partial charge in [0.25, 0.3) is 0 Å². The maximum atomic E-state index is 5.66. The Morgan fingerprint density at radius 2 is 0.762 bits per heavy atom. The molecule has 0 N–H and O–H groups in total. The van der Waals surface area contributed by atoms with Gasteiger partial charge in [-0.2, -0.15) is 0 Å². The SMILES string of the molecule is Cc1ccc2c(c1-c1c(C)ccc3c1OCO3)OCO2.Cc1ccc2ccccc2c1-c1c(C)ccc2ccccc12. The van der Waals surface area contributed by atoms with Crippen LogP contribution in [0, 0.1) is 27.7 Å². The molecule has 0 aromatic heterocycles. The fourth-order valence-corrected chi connectivity index (χ4v) is 6.19. The molecule has 8 rings (SSSR count). The van der Waals surface area contributed by atoms with Gasteiger partial charge in [0.1, 0.15) is 0 Å². The van der Waals surface area contributed by atoms with E-state index >= 15 is 0 Å². The van der Waals surface area contributed by atoms with Crippen molar-refractivity contribution in [2.75, 3.05) is 13.6 Å². The summed E-state index contributed by atoms with van der Waals surface area (Å²) < 4.78 is 22.3. The highest BCUT2D eigenvalue weighted by Gasteiger charge is 2.27. The fourth-order valence-electron chi connectivity index (χ4n) is 6.19. The van der Waals surface area contributed by atoms with E-state index in [1.54, 1.807) is 0 Å². The Labute approximate surface area is 246 Å². The van der Waals surface area contributed by atoms with Gasteiger partial charge in [0, 0.05) is 11.1 Å². The van der Waals surface area contributed by atoms with Crippen molar-refractivity contribution in [1.82, 2.24) is 0 Å². The molecule has 2 heterocycles. The molecule has 0 fully saturated rings. The summed E-state index contributed by atoms with van der Waals surface area (Å²) in [7, 11) is 0. The number of fused-ring (bicyclic) bond motifs is 4. The minimum atomic E-state index is 0.261. The first-order valence-electron chi connectivity index (χ1n) is 14.3. The van der Waals surface area contributed by atoms with Gasteiger partial charge in [-0.1, -0.05) is 84.9 Å². The molecule has 2 aliphatic heterocycles. The highest BCUT2D eigenvalue weighted by atomic mass is 16.7. The largest absolute Gasteiger partial charge is 0.454 e. The molecule has 0 unspecified atom stereocenters. The summed E-state index contributed by atoms with van der Waals surface area (Å²) in [5.74, 6) is 3.14. The van der Waals surface area contributed by atoms with Crippen LogP contribution in [0.2, 0.25) is 0 Å². The number of hydrogen-bond donors (Lipinski definition) is 0. The number of ether oxygens (including phenoxy) is 4. The van der Waals surface area contributed by atoms with Crippen molar-refractivity contribution in [1.29, 1.82) is 0 Å². The van der Waals surface area contributed by atoms with E-state index in [2.05, 4.69) is 100 Å². The van der Waals surface area contributed by atoms with Crippen LogP contribution < -0.4 is 18.9 Å². The van der Waals surface area contributed by atoms with Crippen molar-refractivity contribution in [2.45, 2.75) is 27.7 Å². The molecule has 0 atom stereocenters. The Morgan fingerprint density at radius 1 is 0.381 bits per heavy atom. The molecule has 0 saturated carbocycles. The van der Waals surface area contributed by atoms with E-state index in [0.29, 0.717) is 0 Å². The Bertz CT molecular complexity index is 1840. The van der Waals surface area contributed by atoms with Crippen LogP contribution in [0.15, 0.2) is 97.1 Å². The smallest absolute Gasteiger partial charge is 0.231 e. The van der Waals surface area contributed by atoms with Crippen molar-refractivity contribution < 1.29 is 18.9 Å². The predicted molar refractivity (Wildman–Crippen MR) is 170 cm³/mol. The average Bonchev–Trinajstić information content (AvgIpc) is 3.69. The standard InChI is InChI=1S/C22H18.C16H14O4/c1-15-11-13-17-7-3-5-9-19(17)21(15)22-16(2)12-14-18-8-4-6-10-20(18)22;1-9-3-5-11-15(19-7-17-11)13(9)14-10(2)4-6-12-16(14)20-8-18-12/h3-14H,1-2H3;3-6H,7-8H2,1-2H3. The number of rotatable bonds is 2. The first kappa shape index (κ1) is 26.0. The molecule has 4 nitrogen and oxygen atoms in total. The molecule has 0 saturated heterocycles. The van der Waals surface area contributed by atoms with E-state index in [0.717, 1.165) is 45.3 Å². The summed E-state index contributed by atoms with van der Waals surface area (Å²) >= 11 is 0. The summed E-state index contributed by atoms with van der Waals surface area (Å²) in [5.41, 5.74) is 9.71. The lowest BCUT2D eigenvalue weighted by atomic mass is 9.88. The molecule has 6 aromatic rings. The normalized spacial score (nSPS) is 12.9. The van der Waals surface area contributed by atoms with Crippen LogP contribution in [0.5, 0.6) is 23.0 Å². The van der Waals surface area contributed by atoms with Gasteiger partial charge in [-0.05, 0) is 94.8 Å². The second kappa shape index (κ2) is 10.5. The van der Waals surface area contributed by atoms with Crippen molar-refractivity contribution in [2.24, 2.45) is 0 Å². The minimum Gasteiger partial charge on any atom is -0.454 e. The second-order valence-corrected chi connectivity index (χ2v) is 10.9. The maximum Gasteiger partial charge on any atom is 0.231 e. The Hall–Kier alpha value is -4.96. The van der Waals surface area contributed by atoms with Crippen LogP contribution in [-0.2, 0) is 0 Å². The molecule has 0 spiro atoms. The third-order valence-corrected chi connectivity index (χ3v) is 8.27. The van der Waals surface area contributed by atoms with Crippen LogP contribution in [0.25, 0.3) is 43.8 Å². The van der Waals surface area contributed by atoms with Crippen molar-refractivity contribution in [3.05, 3.63) is 119 Å². The van der Waals surface area contributed by atoms with Crippen LogP contribution in [0.3, 0.4) is 0 Å². The van der Waals surface area contributed by atoms with Crippen molar-refractivity contribution >= 4 is 21.5 Å². The lowest BCUT2D eigenvalue weighted by molar-refractivity contribution is 0.173. The predicted octanol–water partition coefficient (Wildman–Crippen LogP) is 9.70. The molecule has 6 aromatic carbocycles. The zero-order valence-electron chi connectivity index (χ0n) is 24.3. The topological polar surface area (TPSA) is 36.9 Å². The molecular formula is C38H32O4.